The van der Waals surface area contributed by atoms with Gasteiger partial charge in [-0.1, -0.05) is 29.8 Å². The number of hydrogen-bond donors (Lipinski definition) is 1. The summed E-state index contributed by atoms with van der Waals surface area (Å²) >= 11 is 3.61. The summed E-state index contributed by atoms with van der Waals surface area (Å²) in [4.78, 5) is 2.46. The monoisotopic (exact) mass is 340 g/mol. The van der Waals surface area contributed by atoms with E-state index in [1.54, 1.807) is 0 Å². The second-order valence-corrected chi connectivity index (χ2v) is 6.64. The fraction of sp³-hybridized carbons (Fsp3) is 0.625. The van der Waals surface area contributed by atoms with E-state index in [4.69, 9.17) is 10.5 Å². The highest BCUT2D eigenvalue weighted by atomic mass is 79.9. The van der Waals surface area contributed by atoms with Crippen molar-refractivity contribution in [3.05, 3.63) is 27.7 Å². The molecule has 1 aromatic rings. The van der Waals surface area contributed by atoms with Crippen LogP contribution in [0.15, 0.2) is 16.6 Å². The number of halogens is 1. The zero-order chi connectivity index (χ0) is 14.8. The Hall–Kier alpha value is -0.580. The first-order valence-corrected chi connectivity index (χ1v) is 8.22. The van der Waals surface area contributed by atoms with Gasteiger partial charge in [-0.05, 0) is 37.6 Å². The van der Waals surface area contributed by atoms with E-state index in [-0.39, 0.29) is 5.54 Å². The summed E-state index contributed by atoms with van der Waals surface area (Å²) in [5.41, 5.74) is 8.63. The van der Waals surface area contributed by atoms with Gasteiger partial charge in [0.15, 0.2) is 0 Å². The topological polar surface area (TPSA) is 38.5 Å². The number of hydrogen-bond acceptors (Lipinski definition) is 3. The fourth-order valence-electron chi connectivity index (χ4n) is 2.85. The van der Waals surface area contributed by atoms with E-state index in [0.29, 0.717) is 6.54 Å². The Morgan fingerprint density at radius 1 is 1.40 bits per heavy atom. The highest BCUT2D eigenvalue weighted by molar-refractivity contribution is 9.10. The highest BCUT2D eigenvalue weighted by Crippen LogP contribution is 2.35. The molecule has 0 spiro atoms. The predicted octanol–water partition coefficient (Wildman–Crippen LogP) is 3.33. The van der Waals surface area contributed by atoms with Gasteiger partial charge in [0.2, 0.25) is 0 Å². The normalized spacial score (nSPS) is 16.9. The van der Waals surface area contributed by atoms with E-state index in [9.17, 15) is 0 Å². The molecule has 0 fully saturated rings. The Morgan fingerprint density at radius 2 is 2.15 bits per heavy atom. The minimum Gasteiger partial charge on any atom is -0.493 e. The van der Waals surface area contributed by atoms with Crippen LogP contribution in [-0.2, 0) is 13.0 Å². The lowest BCUT2D eigenvalue weighted by atomic mass is 9.95. The molecule has 3 nitrogen and oxygen atoms in total. The van der Waals surface area contributed by atoms with Crippen molar-refractivity contribution in [1.29, 1.82) is 0 Å². The van der Waals surface area contributed by atoms with Gasteiger partial charge in [-0.25, -0.2) is 0 Å². The third-order valence-corrected chi connectivity index (χ3v) is 4.99. The average Bonchev–Trinajstić information content (AvgIpc) is 2.91. The molecule has 1 atom stereocenters. The second-order valence-electron chi connectivity index (χ2n) is 5.72. The summed E-state index contributed by atoms with van der Waals surface area (Å²) in [5, 5.41) is 0. The van der Waals surface area contributed by atoms with E-state index in [1.807, 2.05) is 0 Å². The van der Waals surface area contributed by atoms with E-state index in [0.717, 1.165) is 42.8 Å². The summed E-state index contributed by atoms with van der Waals surface area (Å²) in [6, 6.07) is 4.35. The van der Waals surface area contributed by atoms with Gasteiger partial charge >= 0.3 is 0 Å². The molecule has 0 radical (unpaired) electrons. The lowest BCUT2D eigenvalue weighted by Gasteiger charge is -2.39. The minimum absolute atomic E-state index is 0.0442. The van der Waals surface area contributed by atoms with Crippen LogP contribution < -0.4 is 10.5 Å². The molecule has 20 heavy (non-hydrogen) atoms. The molecule has 0 aliphatic carbocycles. The molecule has 0 saturated heterocycles. The lowest BCUT2D eigenvalue weighted by Crippen LogP contribution is -2.50. The van der Waals surface area contributed by atoms with Gasteiger partial charge in [-0.15, -0.1) is 0 Å². The molecular weight excluding hydrogens is 316 g/mol. The molecule has 2 rings (SSSR count). The molecule has 0 bridgehead atoms. The molecule has 4 heteroatoms. The van der Waals surface area contributed by atoms with Gasteiger partial charge in [-0.3, -0.25) is 4.90 Å². The SMILES string of the molecule is CCN(Cc1cc(Br)cc2c1OCC2)C(C)(CC)CN. The number of nitrogens with zero attached hydrogens (tertiary/aromatic N) is 1. The van der Waals surface area contributed by atoms with E-state index in [1.165, 1.54) is 11.1 Å². The maximum atomic E-state index is 6.01. The van der Waals surface area contributed by atoms with Crippen LogP contribution >= 0.6 is 15.9 Å². The molecule has 1 heterocycles. The van der Waals surface area contributed by atoms with Crippen molar-refractivity contribution >= 4 is 15.9 Å². The maximum Gasteiger partial charge on any atom is 0.127 e. The van der Waals surface area contributed by atoms with E-state index in [2.05, 4.69) is 53.7 Å². The van der Waals surface area contributed by atoms with Crippen LogP contribution in [0.3, 0.4) is 0 Å². The maximum absolute atomic E-state index is 6.01. The van der Waals surface area contributed by atoms with Crippen molar-refractivity contribution in [2.24, 2.45) is 5.73 Å². The molecule has 0 aromatic heterocycles. The van der Waals surface area contributed by atoms with Crippen LogP contribution in [0.5, 0.6) is 5.75 Å². The lowest BCUT2D eigenvalue weighted by molar-refractivity contribution is 0.103. The summed E-state index contributed by atoms with van der Waals surface area (Å²) in [7, 11) is 0. The Labute approximate surface area is 130 Å². The summed E-state index contributed by atoms with van der Waals surface area (Å²) in [5.74, 6) is 1.09. The fourth-order valence-corrected chi connectivity index (χ4v) is 3.40. The number of fused-ring (bicyclic) bond motifs is 1. The van der Waals surface area contributed by atoms with Crippen LogP contribution in [0, 0.1) is 0 Å². The molecule has 1 aliphatic rings. The van der Waals surface area contributed by atoms with Crippen LogP contribution in [0.1, 0.15) is 38.3 Å². The van der Waals surface area contributed by atoms with Crippen LogP contribution in [0.25, 0.3) is 0 Å². The van der Waals surface area contributed by atoms with Crippen LogP contribution in [0.4, 0.5) is 0 Å². The average molecular weight is 341 g/mol. The van der Waals surface area contributed by atoms with Crippen molar-refractivity contribution in [3.63, 3.8) is 0 Å². The molecule has 1 unspecified atom stereocenters. The number of ether oxygens (including phenoxy) is 1. The van der Waals surface area contributed by atoms with E-state index < -0.39 is 0 Å². The Morgan fingerprint density at radius 3 is 2.75 bits per heavy atom. The van der Waals surface area contributed by atoms with Gasteiger partial charge in [0.05, 0.1) is 6.61 Å². The Balaban J connectivity index is 2.29. The molecule has 112 valence electrons. The molecule has 0 saturated carbocycles. The largest absolute Gasteiger partial charge is 0.493 e. The zero-order valence-electron chi connectivity index (χ0n) is 12.7. The number of benzene rings is 1. The van der Waals surface area contributed by atoms with Crippen molar-refractivity contribution in [3.8, 4) is 5.75 Å². The van der Waals surface area contributed by atoms with Gasteiger partial charge in [0.1, 0.15) is 5.75 Å². The highest BCUT2D eigenvalue weighted by Gasteiger charge is 2.29. The predicted molar refractivity (Wildman–Crippen MR) is 87.2 cm³/mol. The third kappa shape index (κ3) is 3.02. The number of likely N-dealkylation sites (N-methyl/N-ethyl adjacent to an activating group) is 1. The van der Waals surface area contributed by atoms with Crippen molar-refractivity contribution in [2.75, 3.05) is 19.7 Å². The molecule has 1 aromatic carbocycles. The number of rotatable bonds is 6. The van der Waals surface area contributed by atoms with E-state index >= 15 is 0 Å². The smallest absolute Gasteiger partial charge is 0.127 e. The van der Waals surface area contributed by atoms with Crippen molar-refractivity contribution < 1.29 is 4.74 Å². The standard InChI is InChI=1S/C16H25BrN2O/c1-4-16(3,11-18)19(5-2)10-13-9-14(17)8-12-6-7-20-15(12)13/h8-9H,4-7,10-11,18H2,1-3H3. The molecule has 1 aliphatic heterocycles. The quantitative estimate of drug-likeness (QED) is 0.863. The first-order valence-electron chi connectivity index (χ1n) is 7.43. The molecule has 0 amide bonds. The second kappa shape index (κ2) is 6.46. The number of nitrogens with two attached hydrogens (primary N) is 1. The summed E-state index contributed by atoms with van der Waals surface area (Å²) in [6.45, 7) is 10.00. The first-order chi connectivity index (χ1) is 9.54. The van der Waals surface area contributed by atoms with Crippen molar-refractivity contribution in [2.45, 2.75) is 45.7 Å². The summed E-state index contributed by atoms with van der Waals surface area (Å²) < 4.78 is 6.97. The third-order valence-electron chi connectivity index (χ3n) is 4.53. The molecular formula is C16H25BrN2O. The summed E-state index contributed by atoms with van der Waals surface area (Å²) in [6.07, 6.45) is 2.06. The zero-order valence-corrected chi connectivity index (χ0v) is 14.3. The Kier molecular flexibility index (Phi) is 5.10. The van der Waals surface area contributed by atoms with Gasteiger partial charge in [0.25, 0.3) is 0 Å². The first kappa shape index (κ1) is 15.8. The van der Waals surface area contributed by atoms with Crippen LogP contribution in [-0.4, -0.2) is 30.1 Å². The van der Waals surface area contributed by atoms with Crippen molar-refractivity contribution in [1.82, 2.24) is 4.90 Å². The van der Waals surface area contributed by atoms with Gasteiger partial charge < -0.3 is 10.5 Å². The van der Waals surface area contributed by atoms with Crippen LogP contribution in [0.2, 0.25) is 0 Å². The van der Waals surface area contributed by atoms with Gasteiger partial charge in [0, 0.05) is 35.1 Å². The van der Waals surface area contributed by atoms with Gasteiger partial charge in [-0.2, -0.15) is 0 Å². The Bertz CT molecular complexity index is 472. The minimum atomic E-state index is 0.0442. The molecule has 2 N–H and O–H groups in total.